The first-order chi connectivity index (χ1) is 12.3. The fourth-order valence-corrected chi connectivity index (χ4v) is 8.11. The highest BCUT2D eigenvalue weighted by Crippen LogP contribution is 2.69. The normalized spacial score (nSPS) is 53.9. The largest absolute Gasteiger partial charge is 0.411 e. The molecule has 0 heterocycles. The summed E-state index contributed by atoms with van der Waals surface area (Å²) in [6.45, 7) is 4.81. The van der Waals surface area contributed by atoms with Crippen LogP contribution in [0.4, 0.5) is 0 Å². The Labute approximate surface area is 158 Å². The summed E-state index contributed by atoms with van der Waals surface area (Å²) in [6.07, 6.45) is 13.1. The van der Waals surface area contributed by atoms with Gasteiger partial charge in [-0.15, -0.1) is 5.16 Å². The lowest BCUT2D eigenvalue weighted by molar-refractivity contribution is -0.210. The van der Waals surface area contributed by atoms with Crippen LogP contribution in [0.2, 0.25) is 0 Å². The molecule has 0 unspecified atom stereocenters. The van der Waals surface area contributed by atoms with E-state index in [1.165, 1.54) is 12.8 Å². The molecule has 8 atom stereocenters. The Kier molecular flexibility index (Phi) is 4.67. The number of aliphatic hydroxyl groups excluding tert-OH is 1. The van der Waals surface area contributed by atoms with Crippen molar-refractivity contribution in [2.24, 2.45) is 39.7 Å². The molecule has 4 aliphatic carbocycles. The SMILES string of the molecule is C[C@]12CC[C@H](O)C[C@H]1CC[C@@H]1[C@@H]2CC[C@]2(C)[C@@H](CC/C=N/O)CC[C@]12O. The fraction of sp³-hybridized carbons (Fsp3) is 0.955. The van der Waals surface area contributed by atoms with Crippen molar-refractivity contribution in [2.75, 3.05) is 0 Å². The van der Waals surface area contributed by atoms with Gasteiger partial charge >= 0.3 is 0 Å². The summed E-state index contributed by atoms with van der Waals surface area (Å²) in [6, 6.07) is 0. The minimum atomic E-state index is -0.527. The predicted molar refractivity (Wildman–Crippen MR) is 102 cm³/mol. The second kappa shape index (κ2) is 6.48. The highest BCUT2D eigenvalue weighted by Gasteiger charge is 2.66. The van der Waals surface area contributed by atoms with E-state index in [0.29, 0.717) is 29.1 Å². The summed E-state index contributed by atoms with van der Waals surface area (Å²) in [5.74, 6) is 2.21. The lowest BCUT2D eigenvalue weighted by Gasteiger charge is -2.63. The molecule has 4 nitrogen and oxygen atoms in total. The molecule has 0 aromatic rings. The Bertz CT molecular complexity index is 566. The molecule has 4 heteroatoms. The summed E-state index contributed by atoms with van der Waals surface area (Å²) in [4.78, 5) is 0. The molecular formula is C22H37NO3. The molecule has 0 amide bonds. The van der Waals surface area contributed by atoms with Gasteiger partial charge in [-0.1, -0.05) is 13.8 Å². The number of nitrogens with zero attached hydrogens (tertiary/aromatic N) is 1. The van der Waals surface area contributed by atoms with Crippen molar-refractivity contribution in [3.05, 3.63) is 0 Å². The molecule has 4 aliphatic rings. The molecule has 0 aliphatic heterocycles. The van der Waals surface area contributed by atoms with Crippen LogP contribution in [-0.2, 0) is 0 Å². The molecule has 0 aromatic carbocycles. The van der Waals surface area contributed by atoms with E-state index >= 15 is 0 Å². The Morgan fingerprint density at radius 3 is 2.58 bits per heavy atom. The van der Waals surface area contributed by atoms with E-state index in [1.807, 2.05) is 0 Å². The molecule has 3 N–H and O–H groups in total. The molecule has 0 radical (unpaired) electrons. The maximum Gasteiger partial charge on any atom is 0.0734 e. The Balaban J connectivity index is 1.58. The molecule has 0 saturated heterocycles. The van der Waals surface area contributed by atoms with Crippen LogP contribution in [0, 0.1) is 34.5 Å². The van der Waals surface area contributed by atoms with Gasteiger partial charge in [0.25, 0.3) is 0 Å². The zero-order valence-electron chi connectivity index (χ0n) is 16.5. The first-order valence-electron chi connectivity index (χ1n) is 10.9. The van der Waals surface area contributed by atoms with Gasteiger partial charge in [-0.25, -0.2) is 0 Å². The number of hydrogen-bond acceptors (Lipinski definition) is 4. The molecule has 4 rings (SSSR count). The molecular weight excluding hydrogens is 326 g/mol. The van der Waals surface area contributed by atoms with Crippen molar-refractivity contribution in [3.8, 4) is 0 Å². The minimum Gasteiger partial charge on any atom is -0.411 e. The van der Waals surface area contributed by atoms with Gasteiger partial charge in [-0.05, 0) is 105 Å². The highest BCUT2D eigenvalue weighted by atomic mass is 16.4. The summed E-state index contributed by atoms with van der Waals surface area (Å²) in [5.41, 5.74) is -0.212. The Morgan fingerprint density at radius 2 is 1.81 bits per heavy atom. The highest BCUT2D eigenvalue weighted by molar-refractivity contribution is 5.56. The molecule has 4 saturated carbocycles. The molecule has 4 fully saturated rings. The van der Waals surface area contributed by atoms with Gasteiger partial charge < -0.3 is 15.4 Å². The predicted octanol–water partition coefficient (Wildman–Crippen LogP) is 4.36. The van der Waals surface area contributed by atoms with Crippen LogP contribution < -0.4 is 0 Å². The number of hydrogen-bond donors (Lipinski definition) is 3. The van der Waals surface area contributed by atoms with Gasteiger partial charge in [0.1, 0.15) is 0 Å². The van der Waals surface area contributed by atoms with Crippen LogP contribution in [0.3, 0.4) is 0 Å². The van der Waals surface area contributed by atoms with Crippen molar-refractivity contribution in [1.29, 1.82) is 0 Å². The number of fused-ring (bicyclic) bond motifs is 5. The van der Waals surface area contributed by atoms with Gasteiger partial charge in [0.2, 0.25) is 0 Å². The minimum absolute atomic E-state index is 0.00877. The maximum absolute atomic E-state index is 12.0. The van der Waals surface area contributed by atoms with E-state index in [9.17, 15) is 10.2 Å². The van der Waals surface area contributed by atoms with Gasteiger partial charge in [0.15, 0.2) is 0 Å². The van der Waals surface area contributed by atoms with Crippen LogP contribution in [0.5, 0.6) is 0 Å². The van der Waals surface area contributed by atoms with E-state index in [-0.39, 0.29) is 11.5 Å². The van der Waals surface area contributed by atoms with E-state index < -0.39 is 5.60 Å². The molecule has 26 heavy (non-hydrogen) atoms. The quantitative estimate of drug-likeness (QED) is 0.396. The maximum atomic E-state index is 12.0. The average Bonchev–Trinajstić information content (AvgIpc) is 2.88. The molecule has 0 spiro atoms. The average molecular weight is 364 g/mol. The molecule has 148 valence electrons. The van der Waals surface area contributed by atoms with E-state index in [2.05, 4.69) is 19.0 Å². The lowest BCUT2D eigenvalue weighted by Crippen LogP contribution is -2.62. The van der Waals surface area contributed by atoms with Crippen molar-refractivity contribution < 1.29 is 15.4 Å². The van der Waals surface area contributed by atoms with Crippen LogP contribution in [0.25, 0.3) is 0 Å². The zero-order valence-corrected chi connectivity index (χ0v) is 16.5. The van der Waals surface area contributed by atoms with E-state index in [0.717, 1.165) is 57.8 Å². The zero-order chi connectivity index (χ0) is 18.6. The second-order valence-electron chi connectivity index (χ2n) is 10.4. The third kappa shape index (κ3) is 2.51. The number of aliphatic hydroxyl groups is 2. The van der Waals surface area contributed by atoms with E-state index in [1.54, 1.807) is 6.21 Å². The third-order valence-corrected chi connectivity index (χ3v) is 9.74. The molecule has 0 aromatic heterocycles. The summed E-state index contributed by atoms with van der Waals surface area (Å²) < 4.78 is 0. The molecule has 0 bridgehead atoms. The Morgan fingerprint density at radius 1 is 1.00 bits per heavy atom. The van der Waals surface area contributed by atoms with Crippen molar-refractivity contribution in [3.63, 3.8) is 0 Å². The number of rotatable bonds is 3. The van der Waals surface area contributed by atoms with Crippen LogP contribution in [-0.4, -0.2) is 33.3 Å². The first-order valence-corrected chi connectivity index (χ1v) is 10.9. The third-order valence-electron chi connectivity index (χ3n) is 9.74. The van der Waals surface area contributed by atoms with Crippen molar-refractivity contribution >= 4 is 6.21 Å². The van der Waals surface area contributed by atoms with Gasteiger partial charge in [-0.3, -0.25) is 0 Å². The number of oxime groups is 1. The van der Waals surface area contributed by atoms with Crippen molar-refractivity contribution in [2.45, 2.75) is 96.2 Å². The van der Waals surface area contributed by atoms with Crippen LogP contribution >= 0.6 is 0 Å². The smallest absolute Gasteiger partial charge is 0.0734 e. The van der Waals surface area contributed by atoms with Gasteiger partial charge in [-0.2, -0.15) is 0 Å². The van der Waals surface area contributed by atoms with E-state index in [4.69, 9.17) is 5.21 Å². The second-order valence-corrected chi connectivity index (χ2v) is 10.4. The monoisotopic (exact) mass is 363 g/mol. The summed E-state index contributed by atoms with van der Waals surface area (Å²) in [7, 11) is 0. The van der Waals surface area contributed by atoms with Crippen LogP contribution in [0.15, 0.2) is 5.16 Å². The Hall–Kier alpha value is -0.610. The lowest BCUT2D eigenvalue weighted by atomic mass is 9.43. The van der Waals surface area contributed by atoms with Gasteiger partial charge in [0.05, 0.1) is 11.7 Å². The van der Waals surface area contributed by atoms with Gasteiger partial charge in [0, 0.05) is 6.21 Å². The summed E-state index contributed by atoms with van der Waals surface area (Å²) in [5, 5.41) is 34.0. The van der Waals surface area contributed by atoms with Crippen molar-refractivity contribution in [1.82, 2.24) is 0 Å². The topological polar surface area (TPSA) is 73.1 Å². The fourth-order valence-electron chi connectivity index (χ4n) is 8.11. The first kappa shape index (κ1) is 18.7. The summed E-state index contributed by atoms with van der Waals surface area (Å²) >= 11 is 0. The van der Waals surface area contributed by atoms with Crippen LogP contribution in [0.1, 0.15) is 84.5 Å². The standard InChI is InChI=1S/C22H37NO3/c1-20-10-8-17(24)14-16(20)5-6-19-18(20)9-11-21(2)15(4-3-13-23-26)7-12-22(19,21)25/h13,15-19,24-26H,3-12,14H2,1-2H3/b23-13+/t15-,16+,17-,18-,19+,20-,21+,22-/m0/s1.